The minimum absolute atomic E-state index is 0.0397. The predicted molar refractivity (Wildman–Crippen MR) is 125 cm³/mol. The fraction of sp³-hybridized carbons (Fsp3) is 0.190. The van der Waals surface area contributed by atoms with E-state index in [2.05, 4.69) is 15.0 Å². The van der Waals surface area contributed by atoms with E-state index in [-0.39, 0.29) is 28.5 Å². The Bertz CT molecular complexity index is 1250. The Hall–Kier alpha value is -3.64. The lowest BCUT2D eigenvalue weighted by Crippen LogP contribution is -2.37. The van der Waals surface area contributed by atoms with Crippen molar-refractivity contribution < 1.29 is 22.7 Å². The second-order valence-electron chi connectivity index (χ2n) is 7.04. The van der Waals surface area contributed by atoms with Gasteiger partial charge in [-0.15, -0.1) is 11.3 Å². The molecule has 0 bridgehead atoms. The van der Waals surface area contributed by atoms with Gasteiger partial charge in [-0.05, 0) is 36.4 Å². The first-order valence-corrected chi connectivity index (χ1v) is 12.3. The fourth-order valence-corrected chi connectivity index (χ4v) is 5.13. The SMILES string of the molecule is COc1ccccc1N1CCN(CC(=O)Nc2ccc(S(=O)(=O)Nc3nccs3)cc2)C1=O. The lowest BCUT2D eigenvalue weighted by molar-refractivity contribution is -0.116. The highest BCUT2D eigenvalue weighted by Gasteiger charge is 2.32. The van der Waals surface area contributed by atoms with Gasteiger partial charge in [-0.3, -0.25) is 14.4 Å². The van der Waals surface area contributed by atoms with Crippen molar-refractivity contribution in [2.75, 3.05) is 41.7 Å². The number of aromatic nitrogens is 1. The first kappa shape index (κ1) is 22.6. The van der Waals surface area contributed by atoms with E-state index in [4.69, 9.17) is 4.74 Å². The molecule has 2 N–H and O–H groups in total. The molecule has 3 aromatic rings. The van der Waals surface area contributed by atoms with Crippen molar-refractivity contribution in [3.63, 3.8) is 0 Å². The Morgan fingerprint density at radius 2 is 1.91 bits per heavy atom. The molecule has 1 aliphatic rings. The third-order valence-corrected chi connectivity index (χ3v) is 7.08. The van der Waals surface area contributed by atoms with Gasteiger partial charge in [0.15, 0.2) is 5.13 Å². The third-order valence-electron chi connectivity index (χ3n) is 4.91. The number of carbonyl (C=O) groups is 2. The molecule has 0 atom stereocenters. The fourth-order valence-electron chi connectivity index (χ4n) is 3.34. The molecule has 2 heterocycles. The quantitative estimate of drug-likeness (QED) is 0.504. The van der Waals surface area contributed by atoms with Crippen LogP contribution in [0, 0.1) is 0 Å². The Balaban J connectivity index is 1.36. The molecular formula is C21H21N5O5S2. The van der Waals surface area contributed by atoms with Crippen LogP contribution < -0.4 is 19.7 Å². The summed E-state index contributed by atoms with van der Waals surface area (Å²) in [5.41, 5.74) is 1.07. The van der Waals surface area contributed by atoms with Crippen LogP contribution in [0.25, 0.3) is 0 Å². The van der Waals surface area contributed by atoms with Gasteiger partial charge in [0.2, 0.25) is 5.91 Å². The van der Waals surface area contributed by atoms with Crippen LogP contribution >= 0.6 is 11.3 Å². The molecule has 1 aromatic heterocycles. The summed E-state index contributed by atoms with van der Waals surface area (Å²) in [5.74, 6) is 0.193. The van der Waals surface area contributed by atoms with E-state index in [0.717, 1.165) is 0 Å². The summed E-state index contributed by atoms with van der Waals surface area (Å²) in [6.07, 6.45) is 1.50. The number of hydrogen-bond acceptors (Lipinski definition) is 7. The summed E-state index contributed by atoms with van der Waals surface area (Å²) in [4.78, 5) is 32.2. The number of para-hydroxylation sites is 2. The number of rotatable bonds is 8. The minimum Gasteiger partial charge on any atom is -0.495 e. The smallest absolute Gasteiger partial charge is 0.325 e. The lowest BCUT2D eigenvalue weighted by Gasteiger charge is -2.20. The van der Waals surface area contributed by atoms with E-state index in [9.17, 15) is 18.0 Å². The summed E-state index contributed by atoms with van der Waals surface area (Å²) >= 11 is 1.17. The number of nitrogens with zero attached hydrogens (tertiary/aromatic N) is 3. The van der Waals surface area contributed by atoms with Crippen molar-refractivity contribution in [1.82, 2.24) is 9.88 Å². The molecule has 2 aromatic carbocycles. The second kappa shape index (κ2) is 9.46. The zero-order valence-electron chi connectivity index (χ0n) is 17.6. The number of carbonyl (C=O) groups excluding carboxylic acids is 2. The van der Waals surface area contributed by atoms with Crippen LogP contribution in [-0.4, -0.2) is 57.0 Å². The Kier molecular flexibility index (Phi) is 6.47. The molecule has 172 valence electrons. The Morgan fingerprint density at radius 3 is 2.61 bits per heavy atom. The van der Waals surface area contributed by atoms with Gasteiger partial charge in [-0.25, -0.2) is 18.2 Å². The topological polar surface area (TPSA) is 121 Å². The monoisotopic (exact) mass is 487 g/mol. The predicted octanol–water partition coefficient (Wildman–Crippen LogP) is 2.83. The summed E-state index contributed by atoms with van der Waals surface area (Å²) in [6.45, 7) is 0.700. The molecular weight excluding hydrogens is 466 g/mol. The van der Waals surface area contributed by atoms with Crippen molar-refractivity contribution in [2.24, 2.45) is 0 Å². The number of ether oxygens (including phenoxy) is 1. The van der Waals surface area contributed by atoms with Crippen molar-refractivity contribution in [1.29, 1.82) is 0 Å². The molecule has 0 unspecified atom stereocenters. The molecule has 1 saturated heterocycles. The van der Waals surface area contributed by atoms with E-state index < -0.39 is 10.0 Å². The molecule has 1 aliphatic heterocycles. The molecule has 0 spiro atoms. The van der Waals surface area contributed by atoms with E-state index in [0.29, 0.717) is 30.2 Å². The van der Waals surface area contributed by atoms with Gasteiger partial charge in [0.1, 0.15) is 12.3 Å². The van der Waals surface area contributed by atoms with Gasteiger partial charge >= 0.3 is 6.03 Å². The number of sulfonamides is 1. The highest BCUT2D eigenvalue weighted by molar-refractivity contribution is 7.93. The first-order valence-electron chi connectivity index (χ1n) is 9.89. The van der Waals surface area contributed by atoms with E-state index in [1.807, 2.05) is 12.1 Å². The van der Waals surface area contributed by atoms with Crippen LogP contribution in [0.1, 0.15) is 0 Å². The molecule has 3 amide bonds. The molecule has 33 heavy (non-hydrogen) atoms. The van der Waals surface area contributed by atoms with Gasteiger partial charge in [0.05, 0.1) is 17.7 Å². The highest BCUT2D eigenvalue weighted by atomic mass is 32.2. The molecule has 12 heteroatoms. The molecule has 0 aliphatic carbocycles. The molecule has 10 nitrogen and oxygen atoms in total. The lowest BCUT2D eigenvalue weighted by atomic mass is 10.2. The number of methoxy groups -OCH3 is 1. The number of anilines is 3. The standard InChI is InChI=1S/C21H21N5O5S2/c1-31-18-5-3-2-4-17(18)26-12-11-25(21(26)28)14-19(27)23-15-6-8-16(9-7-15)33(29,30)24-20-22-10-13-32-20/h2-10,13H,11-12,14H2,1H3,(H,22,24)(H,23,27). The molecule has 0 saturated carbocycles. The van der Waals surface area contributed by atoms with Crippen molar-refractivity contribution in [3.05, 3.63) is 60.1 Å². The van der Waals surface area contributed by atoms with Crippen molar-refractivity contribution in [2.45, 2.75) is 4.90 Å². The van der Waals surface area contributed by atoms with Crippen molar-refractivity contribution >= 4 is 49.8 Å². The zero-order chi connectivity index (χ0) is 23.4. The number of nitrogens with one attached hydrogen (secondary N) is 2. The van der Waals surface area contributed by atoms with Crippen LogP contribution in [0.5, 0.6) is 5.75 Å². The average Bonchev–Trinajstić information content (AvgIpc) is 3.43. The number of urea groups is 1. The van der Waals surface area contributed by atoms with Crippen molar-refractivity contribution in [3.8, 4) is 5.75 Å². The first-order chi connectivity index (χ1) is 15.9. The van der Waals surface area contributed by atoms with E-state index in [1.165, 1.54) is 53.8 Å². The summed E-state index contributed by atoms with van der Waals surface area (Å²) in [6, 6.07) is 12.7. The summed E-state index contributed by atoms with van der Waals surface area (Å²) in [7, 11) is -2.24. The summed E-state index contributed by atoms with van der Waals surface area (Å²) < 4.78 is 32.5. The highest BCUT2D eigenvalue weighted by Crippen LogP contribution is 2.30. The van der Waals surface area contributed by atoms with Gasteiger partial charge < -0.3 is 15.0 Å². The minimum atomic E-state index is -3.78. The van der Waals surface area contributed by atoms with Gasteiger partial charge in [0, 0.05) is 30.4 Å². The van der Waals surface area contributed by atoms with Crippen LogP contribution in [0.4, 0.5) is 21.3 Å². The van der Waals surface area contributed by atoms with Gasteiger partial charge in [0.25, 0.3) is 10.0 Å². The van der Waals surface area contributed by atoms with E-state index in [1.54, 1.807) is 22.4 Å². The Morgan fingerprint density at radius 1 is 1.15 bits per heavy atom. The molecule has 4 rings (SSSR count). The second-order valence-corrected chi connectivity index (χ2v) is 9.62. The maximum Gasteiger partial charge on any atom is 0.325 e. The molecule has 0 radical (unpaired) electrons. The van der Waals surface area contributed by atoms with E-state index >= 15 is 0 Å². The maximum absolute atomic E-state index is 12.8. The number of hydrogen-bond donors (Lipinski definition) is 2. The summed E-state index contributed by atoms with van der Waals surface area (Å²) in [5, 5.41) is 4.62. The largest absolute Gasteiger partial charge is 0.495 e. The zero-order valence-corrected chi connectivity index (χ0v) is 19.2. The van der Waals surface area contributed by atoms with Gasteiger partial charge in [-0.2, -0.15) is 0 Å². The maximum atomic E-state index is 12.8. The number of thiazole rings is 1. The van der Waals surface area contributed by atoms with Gasteiger partial charge in [-0.1, -0.05) is 12.1 Å². The van der Waals surface area contributed by atoms with Crippen LogP contribution in [0.3, 0.4) is 0 Å². The Labute approximate surface area is 194 Å². The normalized spacial score (nSPS) is 13.8. The molecule has 1 fully saturated rings. The number of benzene rings is 2. The third kappa shape index (κ3) is 5.07. The average molecular weight is 488 g/mol. The van der Waals surface area contributed by atoms with Crippen LogP contribution in [0.2, 0.25) is 0 Å². The van der Waals surface area contributed by atoms with Crippen LogP contribution in [-0.2, 0) is 14.8 Å². The number of amides is 3. The van der Waals surface area contributed by atoms with Crippen LogP contribution in [0.15, 0.2) is 65.0 Å².